The Morgan fingerprint density at radius 2 is 2.25 bits per heavy atom. The van der Waals surface area contributed by atoms with Gasteiger partial charge in [-0.25, -0.2) is 0 Å². The molecule has 3 atom stereocenters. The van der Waals surface area contributed by atoms with Crippen LogP contribution >= 0.6 is 0 Å². The largest absolute Gasteiger partial charge is 0.362 e. The molecule has 0 aliphatic carbocycles. The minimum atomic E-state index is -0.232. The quantitative estimate of drug-likeness (QED) is 0.679. The molecule has 2 aliphatic heterocycles. The van der Waals surface area contributed by atoms with Gasteiger partial charge < -0.3 is 10.2 Å². The first kappa shape index (κ1) is 13.4. The fraction of sp³-hybridized carbons (Fsp3) is 0.600. The maximum Gasteiger partial charge on any atom is 0.295 e. The van der Waals surface area contributed by atoms with E-state index in [0.717, 1.165) is 37.3 Å². The van der Waals surface area contributed by atoms with Crippen LogP contribution in [0.3, 0.4) is 0 Å². The van der Waals surface area contributed by atoms with Gasteiger partial charge in [-0.1, -0.05) is 19.1 Å². The topological polar surface area (TPSA) is 58.4 Å². The lowest BCUT2D eigenvalue weighted by atomic mass is 9.93. The predicted octanol–water partition coefficient (Wildman–Crippen LogP) is 2.34. The van der Waals surface area contributed by atoms with Gasteiger partial charge in [-0.15, -0.1) is 0 Å². The molecule has 3 rings (SSSR count). The van der Waals surface area contributed by atoms with Crippen molar-refractivity contribution < 1.29 is 4.92 Å². The summed E-state index contributed by atoms with van der Waals surface area (Å²) in [6.07, 6.45) is 1.04. The van der Waals surface area contributed by atoms with Gasteiger partial charge in [-0.2, -0.15) is 0 Å². The molecule has 0 saturated carbocycles. The van der Waals surface area contributed by atoms with Gasteiger partial charge in [0.1, 0.15) is 5.69 Å². The highest BCUT2D eigenvalue weighted by atomic mass is 16.6. The second kappa shape index (κ2) is 5.05. The number of fused-ring (bicyclic) bond motifs is 1. The Labute approximate surface area is 119 Å². The fourth-order valence-electron chi connectivity index (χ4n) is 3.94. The van der Waals surface area contributed by atoms with Crippen LogP contribution in [0.4, 0.5) is 11.4 Å². The molecular weight excluding hydrogens is 254 g/mol. The molecule has 1 aromatic rings. The van der Waals surface area contributed by atoms with E-state index in [1.165, 1.54) is 0 Å². The lowest BCUT2D eigenvalue weighted by Gasteiger charge is -2.28. The third kappa shape index (κ3) is 1.97. The van der Waals surface area contributed by atoms with Crippen LogP contribution in [-0.4, -0.2) is 30.6 Å². The van der Waals surface area contributed by atoms with Crippen molar-refractivity contribution in [3.8, 4) is 0 Å². The zero-order chi connectivity index (χ0) is 14.3. The van der Waals surface area contributed by atoms with Crippen molar-refractivity contribution in [1.82, 2.24) is 5.32 Å². The summed E-state index contributed by atoms with van der Waals surface area (Å²) in [5.74, 6) is 1.25. The number of nitrogens with zero attached hydrogens (tertiary/aromatic N) is 2. The van der Waals surface area contributed by atoms with E-state index in [-0.39, 0.29) is 10.6 Å². The molecule has 0 aromatic heterocycles. The second-order valence-corrected chi connectivity index (χ2v) is 5.91. The zero-order valence-electron chi connectivity index (χ0n) is 12.0. The number of hydrogen-bond donors (Lipinski definition) is 1. The third-order valence-corrected chi connectivity index (χ3v) is 4.84. The van der Waals surface area contributed by atoms with E-state index in [1.54, 1.807) is 0 Å². The molecule has 2 saturated heterocycles. The Morgan fingerprint density at radius 3 is 2.95 bits per heavy atom. The van der Waals surface area contributed by atoms with Crippen LogP contribution in [0, 0.1) is 28.9 Å². The molecule has 1 N–H and O–H groups in total. The fourth-order valence-corrected chi connectivity index (χ4v) is 3.94. The van der Waals surface area contributed by atoms with E-state index in [1.807, 2.05) is 25.1 Å². The smallest absolute Gasteiger partial charge is 0.295 e. The van der Waals surface area contributed by atoms with E-state index < -0.39 is 0 Å². The van der Waals surface area contributed by atoms with E-state index in [0.29, 0.717) is 17.9 Å². The third-order valence-electron chi connectivity index (χ3n) is 4.84. The van der Waals surface area contributed by atoms with Crippen LogP contribution in [0.25, 0.3) is 0 Å². The second-order valence-electron chi connectivity index (χ2n) is 5.91. The summed E-state index contributed by atoms with van der Waals surface area (Å²) in [6, 6.07) is 6.07. The number of rotatable bonds is 3. The van der Waals surface area contributed by atoms with Gasteiger partial charge in [0.25, 0.3) is 5.69 Å². The lowest BCUT2D eigenvalue weighted by Crippen LogP contribution is -2.35. The molecule has 1 aromatic carbocycles. The van der Waals surface area contributed by atoms with Crippen LogP contribution in [0.1, 0.15) is 18.9 Å². The van der Waals surface area contributed by atoms with Crippen LogP contribution < -0.4 is 10.2 Å². The van der Waals surface area contributed by atoms with Crippen molar-refractivity contribution in [3.63, 3.8) is 0 Å². The molecule has 3 unspecified atom stereocenters. The molecule has 2 heterocycles. The minimum Gasteiger partial charge on any atom is -0.362 e. The average molecular weight is 275 g/mol. The van der Waals surface area contributed by atoms with E-state index in [4.69, 9.17) is 0 Å². The number of benzene rings is 1. The first-order valence-electron chi connectivity index (χ1n) is 7.34. The molecule has 5 heteroatoms. The highest BCUT2D eigenvalue weighted by Crippen LogP contribution is 2.41. The highest BCUT2D eigenvalue weighted by Gasteiger charge is 2.44. The van der Waals surface area contributed by atoms with Gasteiger partial charge in [-0.3, -0.25) is 10.1 Å². The Morgan fingerprint density at radius 1 is 1.45 bits per heavy atom. The van der Waals surface area contributed by atoms with Crippen molar-refractivity contribution in [1.29, 1.82) is 0 Å². The average Bonchev–Trinajstić information content (AvgIpc) is 2.97. The molecule has 108 valence electrons. The molecule has 20 heavy (non-hydrogen) atoms. The molecule has 0 spiro atoms. The standard InChI is InChI=1S/C15H21N3O2/c1-3-13-12-8-16-7-11(12)9-17(13)14-6-4-5-10(2)15(14)18(19)20/h4-6,11-13,16H,3,7-9H2,1-2H3. The Bertz CT molecular complexity index is 532. The zero-order valence-corrected chi connectivity index (χ0v) is 12.0. The normalized spacial score (nSPS) is 28.7. The lowest BCUT2D eigenvalue weighted by molar-refractivity contribution is -0.384. The van der Waals surface area contributed by atoms with Crippen LogP contribution in [0.5, 0.6) is 0 Å². The van der Waals surface area contributed by atoms with Gasteiger partial charge in [0.15, 0.2) is 0 Å². The number of para-hydroxylation sites is 1. The summed E-state index contributed by atoms with van der Waals surface area (Å²) < 4.78 is 0. The molecule has 2 aliphatic rings. The molecule has 0 amide bonds. The molecule has 0 radical (unpaired) electrons. The Balaban J connectivity index is 2.01. The summed E-state index contributed by atoms with van der Waals surface area (Å²) >= 11 is 0. The van der Waals surface area contributed by atoms with Crippen LogP contribution in [0.15, 0.2) is 18.2 Å². The van der Waals surface area contributed by atoms with Gasteiger partial charge in [0.05, 0.1) is 4.92 Å². The van der Waals surface area contributed by atoms with Gasteiger partial charge in [0, 0.05) is 31.2 Å². The maximum atomic E-state index is 11.4. The summed E-state index contributed by atoms with van der Waals surface area (Å²) in [5.41, 5.74) is 1.83. The Kier molecular flexibility index (Phi) is 3.38. The van der Waals surface area contributed by atoms with Crippen molar-refractivity contribution in [3.05, 3.63) is 33.9 Å². The number of nitro benzene ring substituents is 1. The minimum absolute atomic E-state index is 0.232. The van der Waals surface area contributed by atoms with E-state index in [9.17, 15) is 10.1 Å². The SMILES string of the molecule is CCC1C2CNCC2CN1c1cccc(C)c1[N+](=O)[O-]. The van der Waals surface area contributed by atoms with E-state index in [2.05, 4.69) is 17.1 Å². The van der Waals surface area contributed by atoms with E-state index >= 15 is 0 Å². The number of nitrogens with one attached hydrogen (secondary N) is 1. The first-order valence-corrected chi connectivity index (χ1v) is 7.34. The number of anilines is 1. The van der Waals surface area contributed by atoms with Gasteiger partial charge >= 0.3 is 0 Å². The van der Waals surface area contributed by atoms with Crippen molar-refractivity contribution >= 4 is 11.4 Å². The molecular formula is C15H21N3O2. The van der Waals surface area contributed by atoms with Crippen molar-refractivity contribution in [2.75, 3.05) is 24.5 Å². The summed E-state index contributed by atoms with van der Waals surface area (Å²) in [5, 5.41) is 14.9. The van der Waals surface area contributed by atoms with Crippen LogP contribution in [0.2, 0.25) is 0 Å². The molecule has 5 nitrogen and oxygen atoms in total. The highest BCUT2D eigenvalue weighted by molar-refractivity contribution is 5.67. The molecule has 2 fully saturated rings. The number of hydrogen-bond acceptors (Lipinski definition) is 4. The number of nitro groups is 1. The van der Waals surface area contributed by atoms with Crippen molar-refractivity contribution in [2.45, 2.75) is 26.3 Å². The van der Waals surface area contributed by atoms with Gasteiger partial charge in [0.2, 0.25) is 0 Å². The summed E-state index contributed by atoms with van der Waals surface area (Å²) in [6.45, 7) is 7.01. The summed E-state index contributed by atoms with van der Waals surface area (Å²) in [4.78, 5) is 13.5. The van der Waals surface area contributed by atoms with Crippen molar-refractivity contribution in [2.24, 2.45) is 11.8 Å². The van der Waals surface area contributed by atoms with Gasteiger partial charge in [-0.05, 0) is 31.2 Å². The maximum absolute atomic E-state index is 11.4. The van der Waals surface area contributed by atoms with Crippen LogP contribution in [-0.2, 0) is 0 Å². The predicted molar refractivity (Wildman–Crippen MR) is 79.1 cm³/mol. The monoisotopic (exact) mass is 275 g/mol. The first-order chi connectivity index (χ1) is 9.63. The summed E-state index contributed by atoms with van der Waals surface area (Å²) in [7, 11) is 0. The number of aryl methyl sites for hydroxylation is 1. The molecule has 0 bridgehead atoms. The Hall–Kier alpha value is -1.62.